The molecule has 1 unspecified atom stereocenters. The summed E-state index contributed by atoms with van der Waals surface area (Å²) in [4.78, 5) is 25.3. The second-order valence-corrected chi connectivity index (χ2v) is 9.63. The van der Waals surface area contributed by atoms with Crippen LogP contribution in [0.5, 0.6) is 5.75 Å². The van der Waals surface area contributed by atoms with Gasteiger partial charge in [0.15, 0.2) is 0 Å². The maximum atomic E-state index is 13.2. The molecule has 1 atom stereocenters. The number of thioether (sulfide) groups is 1. The molecule has 0 spiro atoms. The first-order valence-electron chi connectivity index (χ1n) is 10.8. The molecule has 37 heavy (non-hydrogen) atoms. The first-order chi connectivity index (χ1) is 17.6. The second kappa shape index (κ2) is 10.8. The normalized spacial score (nSPS) is 12.5. The van der Waals surface area contributed by atoms with E-state index in [1.165, 1.54) is 19.2 Å². The van der Waals surface area contributed by atoms with Crippen molar-refractivity contribution in [1.82, 2.24) is 15.0 Å². The van der Waals surface area contributed by atoms with Crippen molar-refractivity contribution >= 4 is 40.2 Å². The lowest BCUT2D eigenvalue weighted by atomic mass is 10.0. The van der Waals surface area contributed by atoms with Gasteiger partial charge in [0.2, 0.25) is 0 Å². The maximum absolute atomic E-state index is 13.2. The molecule has 12 heteroatoms. The Bertz CT molecular complexity index is 1510. The maximum Gasteiger partial charge on any atom is 0.417 e. The number of carbonyl (C=O) groups is 1. The van der Waals surface area contributed by atoms with Crippen LogP contribution in [0.25, 0.3) is 22.0 Å². The number of hydrogen-bond donors (Lipinski definition) is 1. The summed E-state index contributed by atoms with van der Waals surface area (Å²) in [6.07, 6.45) is -4.50. The topological polar surface area (TPSA) is 94.3 Å². The van der Waals surface area contributed by atoms with Gasteiger partial charge in [-0.15, -0.1) is 16.9 Å². The molecule has 0 bridgehead atoms. The summed E-state index contributed by atoms with van der Waals surface area (Å²) < 4.78 is 45.8. The van der Waals surface area contributed by atoms with Crippen molar-refractivity contribution < 1.29 is 27.8 Å². The smallest absolute Gasteiger partial charge is 0.417 e. The van der Waals surface area contributed by atoms with Gasteiger partial charge in [-0.2, -0.15) is 13.2 Å². The third kappa shape index (κ3) is 6.05. The van der Waals surface area contributed by atoms with Crippen molar-refractivity contribution in [1.29, 1.82) is 0 Å². The monoisotopic (exact) mass is 549 g/mol. The van der Waals surface area contributed by atoms with Gasteiger partial charge in [-0.3, -0.25) is 9.59 Å². The van der Waals surface area contributed by atoms with E-state index >= 15 is 0 Å². The number of carboxylic acids is 1. The zero-order valence-corrected chi connectivity index (χ0v) is 20.8. The van der Waals surface area contributed by atoms with Gasteiger partial charge >= 0.3 is 12.1 Å². The lowest BCUT2D eigenvalue weighted by Gasteiger charge is -2.14. The molecule has 0 aliphatic rings. The van der Waals surface area contributed by atoms with Crippen LogP contribution in [-0.2, 0) is 17.5 Å². The summed E-state index contributed by atoms with van der Waals surface area (Å²) in [6, 6.07) is 14.9. The van der Waals surface area contributed by atoms with Gasteiger partial charge in [0, 0.05) is 11.4 Å². The molecule has 1 aromatic heterocycles. The first-order valence-corrected chi connectivity index (χ1v) is 12.1. The zero-order chi connectivity index (χ0) is 26.7. The molecule has 0 amide bonds. The van der Waals surface area contributed by atoms with E-state index in [-0.39, 0.29) is 18.0 Å². The van der Waals surface area contributed by atoms with Crippen molar-refractivity contribution in [2.45, 2.75) is 29.3 Å². The van der Waals surface area contributed by atoms with E-state index in [9.17, 15) is 27.9 Å². The third-order valence-electron chi connectivity index (χ3n) is 5.55. The molecular weight excluding hydrogens is 531 g/mol. The fourth-order valence-corrected chi connectivity index (χ4v) is 4.78. The number of nitrogens with zero attached hydrogens (tertiary/aromatic N) is 3. The van der Waals surface area contributed by atoms with E-state index in [4.69, 9.17) is 16.3 Å². The SMILES string of the molecule is COc1ccc2nnn(CCC(Sc3ccc(-c4ccc(Cl)c(C(F)(F)F)c4)cc3)C(=O)O)c(=O)c2c1. The molecule has 0 saturated carbocycles. The number of aliphatic carboxylic acids is 1. The van der Waals surface area contributed by atoms with Gasteiger partial charge in [0.05, 0.1) is 23.1 Å². The molecular formula is C25H19ClF3N3O4S. The number of ether oxygens (including phenoxy) is 1. The fraction of sp³-hybridized carbons (Fsp3) is 0.200. The molecule has 0 fully saturated rings. The summed E-state index contributed by atoms with van der Waals surface area (Å²) in [6.45, 7) is 0.0199. The minimum Gasteiger partial charge on any atom is -0.497 e. The summed E-state index contributed by atoms with van der Waals surface area (Å²) >= 11 is 6.75. The molecule has 3 aromatic carbocycles. The Morgan fingerprint density at radius 2 is 1.81 bits per heavy atom. The molecule has 4 rings (SSSR count). The van der Waals surface area contributed by atoms with Gasteiger partial charge in [-0.05, 0) is 60.0 Å². The Morgan fingerprint density at radius 3 is 2.46 bits per heavy atom. The van der Waals surface area contributed by atoms with Gasteiger partial charge in [-0.25, -0.2) is 4.68 Å². The number of hydrogen-bond acceptors (Lipinski definition) is 6. The van der Waals surface area contributed by atoms with Crippen LogP contribution in [0.1, 0.15) is 12.0 Å². The molecule has 192 valence electrons. The number of aryl methyl sites for hydroxylation is 1. The van der Waals surface area contributed by atoms with Gasteiger partial charge < -0.3 is 9.84 Å². The van der Waals surface area contributed by atoms with Crippen molar-refractivity contribution in [2.75, 3.05) is 7.11 Å². The predicted octanol–water partition coefficient (Wildman–Crippen LogP) is 5.77. The number of carboxylic acid groups (broad SMARTS) is 1. The quantitative estimate of drug-likeness (QED) is 0.279. The van der Waals surface area contributed by atoms with Crippen molar-refractivity contribution in [3.63, 3.8) is 0 Å². The van der Waals surface area contributed by atoms with Gasteiger partial charge in [-0.1, -0.05) is 35.0 Å². The average Bonchev–Trinajstić information content (AvgIpc) is 2.87. The minimum atomic E-state index is -4.58. The molecule has 0 aliphatic carbocycles. The summed E-state index contributed by atoms with van der Waals surface area (Å²) in [5.41, 5.74) is -0.0970. The number of fused-ring (bicyclic) bond motifs is 1. The molecule has 1 N–H and O–H groups in total. The summed E-state index contributed by atoms with van der Waals surface area (Å²) in [5, 5.41) is 16.6. The van der Waals surface area contributed by atoms with Crippen LogP contribution in [0, 0.1) is 0 Å². The van der Waals surface area contributed by atoms with Gasteiger partial charge in [0.1, 0.15) is 16.5 Å². The number of rotatable bonds is 8. The number of benzene rings is 3. The highest BCUT2D eigenvalue weighted by Gasteiger charge is 2.33. The number of aromatic nitrogens is 3. The van der Waals surface area contributed by atoms with Crippen molar-refractivity contribution in [3.8, 4) is 16.9 Å². The average molecular weight is 550 g/mol. The van der Waals surface area contributed by atoms with Crippen LogP contribution in [0.2, 0.25) is 5.02 Å². The zero-order valence-electron chi connectivity index (χ0n) is 19.2. The van der Waals surface area contributed by atoms with E-state index < -0.39 is 28.5 Å². The van der Waals surface area contributed by atoms with Crippen molar-refractivity contribution in [2.24, 2.45) is 0 Å². The largest absolute Gasteiger partial charge is 0.497 e. The summed E-state index contributed by atoms with van der Waals surface area (Å²) in [5.74, 6) is -0.593. The van der Waals surface area contributed by atoms with Gasteiger partial charge in [0.25, 0.3) is 5.56 Å². The Morgan fingerprint density at radius 1 is 1.11 bits per heavy atom. The molecule has 0 saturated heterocycles. The van der Waals surface area contributed by atoms with Crippen LogP contribution in [0.4, 0.5) is 13.2 Å². The van der Waals surface area contributed by atoms with E-state index in [1.54, 1.807) is 42.5 Å². The molecule has 7 nitrogen and oxygen atoms in total. The summed E-state index contributed by atoms with van der Waals surface area (Å²) in [7, 11) is 1.48. The van der Waals surface area contributed by atoms with Crippen molar-refractivity contribution in [3.05, 3.63) is 81.6 Å². The Labute approximate surface area is 217 Å². The highest BCUT2D eigenvalue weighted by atomic mass is 35.5. The Kier molecular flexibility index (Phi) is 7.74. The number of halogens is 4. The van der Waals surface area contributed by atoms with Crippen LogP contribution in [0.3, 0.4) is 0 Å². The minimum absolute atomic E-state index is 0.0199. The third-order valence-corrected chi connectivity index (χ3v) is 7.14. The van der Waals surface area contributed by atoms with Crippen LogP contribution in [0.15, 0.2) is 70.4 Å². The second-order valence-electron chi connectivity index (χ2n) is 7.95. The molecule has 0 radical (unpaired) electrons. The first kappa shape index (κ1) is 26.5. The Balaban J connectivity index is 1.49. The van der Waals surface area contributed by atoms with Crippen LogP contribution in [-0.4, -0.2) is 38.4 Å². The predicted molar refractivity (Wildman–Crippen MR) is 134 cm³/mol. The fourth-order valence-electron chi connectivity index (χ4n) is 3.61. The van der Waals surface area contributed by atoms with E-state index in [0.29, 0.717) is 32.7 Å². The molecule has 4 aromatic rings. The van der Waals surface area contributed by atoms with E-state index in [0.717, 1.165) is 22.5 Å². The van der Waals surface area contributed by atoms with E-state index in [1.807, 2.05) is 0 Å². The molecule has 1 heterocycles. The number of methoxy groups -OCH3 is 1. The lowest BCUT2D eigenvalue weighted by molar-refractivity contribution is -0.138. The highest BCUT2D eigenvalue weighted by Crippen LogP contribution is 2.37. The molecule has 0 aliphatic heterocycles. The lowest BCUT2D eigenvalue weighted by Crippen LogP contribution is -2.27. The standard InChI is InChI=1S/C25H19ClF3N3O4S/c1-36-16-5-9-21-18(13-16)23(33)32(31-30-21)11-10-22(24(34)35)37-17-6-2-14(3-7-17)15-4-8-20(26)19(12-15)25(27,28)29/h2-9,12-13,22H,10-11H2,1H3,(H,34,35). The Hall–Kier alpha value is -3.57. The highest BCUT2D eigenvalue weighted by molar-refractivity contribution is 8.00. The van der Waals surface area contributed by atoms with Crippen LogP contribution >= 0.6 is 23.4 Å². The van der Waals surface area contributed by atoms with Crippen LogP contribution < -0.4 is 10.3 Å². The van der Waals surface area contributed by atoms with E-state index in [2.05, 4.69) is 10.3 Å². The number of alkyl halides is 3.